The molecular formula is C11H20N4O7. The van der Waals surface area contributed by atoms with E-state index in [-0.39, 0.29) is 6.54 Å². The number of carboxylic acids is 1. The summed E-state index contributed by atoms with van der Waals surface area (Å²) in [6.45, 7) is -0.490. The first kappa shape index (κ1) is 19.8. The van der Waals surface area contributed by atoms with E-state index in [0.717, 1.165) is 0 Å². The third kappa shape index (κ3) is 6.97. The summed E-state index contributed by atoms with van der Waals surface area (Å²) in [6.07, 6.45) is -1.33. The number of carbonyl (C=O) groups excluding carboxylic acids is 3. The molecule has 0 spiro atoms. The molecule has 11 heteroatoms. The summed E-state index contributed by atoms with van der Waals surface area (Å²) in [6, 6.07) is -2.80. The van der Waals surface area contributed by atoms with Crippen LogP contribution in [0.3, 0.4) is 0 Å². The van der Waals surface area contributed by atoms with Crippen molar-refractivity contribution in [2.75, 3.05) is 19.7 Å². The number of aliphatic hydroxyl groups is 2. The number of hydrogen-bond acceptors (Lipinski definition) is 7. The van der Waals surface area contributed by atoms with Crippen molar-refractivity contribution >= 4 is 23.7 Å². The van der Waals surface area contributed by atoms with Crippen molar-refractivity contribution in [3.05, 3.63) is 0 Å². The molecule has 0 saturated heterocycles. The van der Waals surface area contributed by atoms with Gasteiger partial charge in [-0.3, -0.25) is 14.4 Å². The highest BCUT2D eigenvalue weighted by Crippen LogP contribution is 1.92. The van der Waals surface area contributed by atoms with Crippen molar-refractivity contribution in [2.24, 2.45) is 5.73 Å². The summed E-state index contributed by atoms with van der Waals surface area (Å²) in [4.78, 5) is 44.9. The van der Waals surface area contributed by atoms with E-state index < -0.39 is 55.0 Å². The number of carbonyl (C=O) groups is 4. The maximum atomic E-state index is 11.6. The second-order valence-electron chi connectivity index (χ2n) is 4.35. The minimum atomic E-state index is -1.52. The molecule has 0 aliphatic rings. The van der Waals surface area contributed by atoms with Crippen LogP contribution in [0, 0.1) is 0 Å². The zero-order valence-electron chi connectivity index (χ0n) is 11.9. The van der Waals surface area contributed by atoms with Gasteiger partial charge in [-0.1, -0.05) is 0 Å². The van der Waals surface area contributed by atoms with Crippen LogP contribution in [0.4, 0.5) is 0 Å². The van der Waals surface area contributed by atoms with Crippen LogP contribution in [0.1, 0.15) is 6.92 Å². The Kier molecular flexibility index (Phi) is 8.67. The second-order valence-corrected chi connectivity index (χ2v) is 4.35. The molecule has 0 aromatic carbocycles. The van der Waals surface area contributed by atoms with Crippen molar-refractivity contribution in [3.8, 4) is 0 Å². The molecule has 0 aromatic heterocycles. The molecule has 0 radical (unpaired) electrons. The van der Waals surface area contributed by atoms with Crippen molar-refractivity contribution in [1.82, 2.24) is 16.0 Å². The fourth-order valence-corrected chi connectivity index (χ4v) is 1.35. The lowest BCUT2D eigenvalue weighted by atomic mass is 10.2. The Morgan fingerprint density at radius 3 is 2.14 bits per heavy atom. The number of carboxylic acid groups (broad SMARTS) is 1. The van der Waals surface area contributed by atoms with Crippen LogP contribution in [-0.2, 0) is 19.2 Å². The van der Waals surface area contributed by atoms with Gasteiger partial charge in [0.2, 0.25) is 17.7 Å². The van der Waals surface area contributed by atoms with Gasteiger partial charge in [0.15, 0.2) is 6.04 Å². The first-order chi connectivity index (χ1) is 10.2. The molecule has 11 nitrogen and oxygen atoms in total. The lowest BCUT2D eigenvalue weighted by Crippen LogP contribution is -2.54. The minimum absolute atomic E-state index is 0.376. The largest absolute Gasteiger partial charge is 0.480 e. The standard InChI is InChI=1S/C11H20N4O7/c1-5(17)9(11(21)22)15-8(19)3-13-10(20)6(4-16)14-7(18)2-12/h5-6,9,16-17H,2-4,12H2,1H3,(H,13,20)(H,14,18)(H,15,19)(H,21,22)/t5-,6+,9+/m1/s1. The van der Waals surface area contributed by atoms with Gasteiger partial charge in [-0.15, -0.1) is 0 Å². The Balaban J connectivity index is 4.41. The molecule has 0 rings (SSSR count). The maximum absolute atomic E-state index is 11.6. The molecule has 126 valence electrons. The first-order valence-corrected chi connectivity index (χ1v) is 6.31. The SMILES string of the molecule is C[C@@H](O)[C@H](NC(=O)CNC(=O)[C@H](CO)NC(=O)CN)C(=O)O. The van der Waals surface area contributed by atoms with Gasteiger partial charge < -0.3 is 37.0 Å². The highest BCUT2D eigenvalue weighted by molar-refractivity contribution is 5.92. The molecule has 8 N–H and O–H groups in total. The maximum Gasteiger partial charge on any atom is 0.328 e. The van der Waals surface area contributed by atoms with E-state index in [1.165, 1.54) is 6.92 Å². The number of nitrogens with one attached hydrogen (secondary N) is 3. The Hall–Kier alpha value is -2.24. The van der Waals surface area contributed by atoms with E-state index in [2.05, 4.69) is 10.6 Å². The molecule has 3 amide bonds. The van der Waals surface area contributed by atoms with Crippen LogP contribution >= 0.6 is 0 Å². The number of amides is 3. The van der Waals surface area contributed by atoms with E-state index in [0.29, 0.717) is 0 Å². The van der Waals surface area contributed by atoms with Gasteiger partial charge in [0.25, 0.3) is 0 Å². The fourth-order valence-electron chi connectivity index (χ4n) is 1.35. The van der Waals surface area contributed by atoms with Crippen LogP contribution in [0.25, 0.3) is 0 Å². The molecule has 3 atom stereocenters. The summed E-state index contributed by atoms with van der Waals surface area (Å²) in [5.74, 6) is -3.80. The molecule has 0 aromatic rings. The van der Waals surface area contributed by atoms with Crippen LogP contribution in [0.15, 0.2) is 0 Å². The number of aliphatic hydroxyl groups excluding tert-OH is 2. The third-order valence-corrected chi connectivity index (χ3v) is 2.51. The Morgan fingerprint density at radius 1 is 1.14 bits per heavy atom. The summed E-state index contributed by atoms with van der Waals surface area (Å²) in [5.41, 5.74) is 5.04. The van der Waals surface area contributed by atoms with Crippen molar-refractivity contribution in [1.29, 1.82) is 0 Å². The highest BCUT2D eigenvalue weighted by atomic mass is 16.4. The zero-order valence-corrected chi connectivity index (χ0v) is 11.9. The molecule has 0 fully saturated rings. The van der Waals surface area contributed by atoms with E-state index in [1.54, 1.807) is 0 Å². The lowest BCUT2D eigenvalue weighted by molar-refractivity contribution is -0.144. The summed E-state index contributed by atoms with van der Waals surface area (Å²) in [7, 11) is 0. The smallest absolute Gasteiger partial charge is 0.328 e. The molecule has 0 saturated carbocycles. The summed E-state index contributed by atoms with van der Waals surface area (Å²) < 4.78 is 0. The van der Waals surface area contributed by atoms with E-state index in [4.69, 9.17) is 15.9 Å². The molecule has 22 heavy (non-hydrogen) atoms. The van der Waals surface area contributed by atoms with E-state index >= 15 is 0 Å². The predicted molar refractivity (Wildman–Crippen MR) is 72.3 cm³/mol. The van der Waals surface area contributed by atoms with Crippen molar-refractivity contribution in [3.63, 3.8) is 0 Å². The number of hydrogen-bond donors (Lipinski definition) is 7. The Labute approximate surface area is 125 Å². The third-order valence-electron chi connectivity index (χ3n) is 2.51. The van der Waals surface area contributed by atoms with Crippen molar-refractivity contribution < 1.29 is 34.5 Å². The summed E-state index contributed by atoms with van der Waals surface area (Å²) in [5, 5.41) is 33.2. The minimum Gasteiger partial charge on any atom is -0.480 e. The number of nitrogens with two attached hydrogens (primary N) is 1. The molecule has 0 aliphatic heterocycles. The van der Waals surface area contributed by atoms with Gasteiger partial charge in [0.05, 0.1) is 25.8 Å². The second kappa shape index (κ2) is 9.65. The molecule has 0 bridgehead atoms. The van der Waals surface area contributed by atoms with Crippen molar-refractivity contribution in [2.45, 2.75) is 25.1 Å². The Bertz CT molecular complexity index is 427. The van der Waals surface area contributed by atoms with Gasteiger partial charge >= 0.3 is 5.97 Å². The predicted octanol–water partition coefficient (Wildman–Crippen LogP) is -4.51. The highest BCUT2D eigenvalue weighted by Gasteiger charge is 2.25. The molecule has 0 unspecified atom stereocenters. The van der Waals surface area contributed by atoms with Crippen LogP contribution in [0.2, 0.25) is 0 Å². The van der Waals surface area contributed by atoms with Gasteiger partial charge in [-0.25, -0.2) is 4.79 Å². The van der Waals surface area contributed by atoms with Gasteiger partial charge in [0, 0.05) is 0 Å². The quantitative estimate of drug-likeness (QED) is 0.221. The zero-order chi connectivity index (χ0) is 17.3. The lowest BCUT2D eigenvalue weighted by Gasteiger charge is -2.18. The van der Waals surface area contributed by atoms with E-state index in [9.17, 15) is 24.3 Å². The first-order valence-electron chi connectivity index (χ1n) is 6.31. The van der Waals surface area contributed by atoms with Gasteiger partial charge in [0.1, 0.15) is 6.04 Å². The summed E-state index contributed by atoms with van der Waals surface area (Å²) >= 11 is 0. The fraction of sp³-hybridized carbons (Fsp3) is 0.636. The average Bonchev–Trinajstić information content (AvgIpc) is 2.46. The van der Waals surface area contributed by atoms with E-state index in [1.807, 2.05) is 5.32 Å². The molecule has 0 aliphatic carbocycles. The van der Waals surface area contributed by atoms with Crippen LogP contribution in [-0.4, -0.2) is 76.9 Å². The van der Waals surface area contributed by atoms with Gasteiger partial charge in [-0.05, 0) is 6.92 Å². The van der Waals surface area contributed by atoms with Gasteiger partial charge in [-0.2, -0.15) is 0 Å². The van der Waals surface area contributed by atoms with Crippen LogP contribution in [0.5, 0.6) is 0 Å². The average molecular weight is 320 g/mol. The topological polar surface area (TPSA) is 191 Å². The van der Waals surface area contributed by atoms with Crippen LogP contribution < -0.4 is 21.7 Å². The number of rotatable bonds is 9. The molecule has 0 heterocycles. The Morgan fingerprint density at radius 2 is 1.73 bits per heavy atom. The number of aliphatic carboxylic acids is 1. The normalized spacial score (nSPS) is 14.4. The molecular weight excluding hydrogens is 300 g/mol. The monoisotopic (exact) mass is 320 g/mol.